The molecule has 1 aromatic heterocycles. The Morgan fingerprint density at radius 2 is 1.64 bits per heavy atom. The van der Waals surface area contributed by atoms with Gasteiger partial charge in [-0.1, -0.05) is 96.6 Å². The van der Waals surface area contributed by atoms with Crippen LogP contribution in [0, 0.1) is 18.3 Å². The van der Waals surface area contributed by atoms with Crippen molar-refractivity contribution in [2.24, 2.45) is 18.4 Å². The molecule has 0 N–H and O–H groups in total. The molecule has 0 bridgehead atoms. The number of aromatic nitrogens is 1. The van der Waals surface area contributed by atoms with Crippen LogP contribution in [0.4, 0.5) is 0 Å². The highest BCUT2D eigenvalue weighted by Crippen LogP contribution is 2.53. The maximum atomic E-state index is 2.50. The van der Waals surface area contributed by atoms with E-state index < -0.39 is 0 Å². The zero-order valence-electron chi connectivity index (χ0n) is 25.1. The van der Waals surface area contributed by atoms with Crippen LogP contribution >= 0.6 is 11.8 Å². The molecule has 2 heteroatoms. The summed E-state index contributed by atoms with van der Waals surface area (Å²) >= 11 is 2.01. The number of rotatable bonds is 4. The minimum atomic E-state index is 0.262. The first-order chi connectivity index (χ1) is 18.4. The molecular weight excluding hydrogens is 490 g/mol. The van der Waals surface area contributed by atoms with Crippen molar-refractivity contribution in [1.29, 1.82) is 0 Å². The first kappa shape index (κ1) is 26.4. The number of fused-ring (bicyclic) bond motifs is 5. The monoisotopic (exact) mass is 532 g/mol. The van der Waals surface area contributed by atoms with E-state index in [2.05, 4.69) is 122 Å². The van der Waals surface area contributed by atoms with Gasteiger partial charge in [0.05, 0.1) is 10.9 Å². The van der Waals surface area contributed by atoms with Gasteiger partial charge in [0.15, 0.2) is 6.20 Å². The maximum Gasteiger partial charge on any atom is 0.222 e. The van der Waals surface area contributed by atoms with Crippen LogP contribution in [0.3, 0.4) is 0 Å². The van der Waals surface area contributed by atoms with E-state index in [-0.39, 0.29) is 5.41 Å². The average Bonchev–Trinajstić information content (AvgIpc) is 2.86. The fraction of sp³-hybridized carbons (Fsp3) is 0.378. The summed E-state index contributed by atoms with van der Waals surface area (Å²) in [6.45, 7) is 18.7. The normalized spacial score (nSPS) is 13.3. The van der Waals surface area contributed by atoms with Gasteiger partial charge in [0.2, 0.25) is 5.69 Å². The lowest BCUT2D eigenvalue weighted by Crippen LogP contribution is -2.32. The predicted molar refractivity (Wildman–Crippen MR) is 170 cm³/mol. The summed E-state index contributed by atoms with van der Waals surface area (Å²) in [5.41, 5.74) is 8.90. The molecule has 200 valence electrons. The molecule has 39 heavy (non-hydrogen) atoms. The third-order valence-corrected chi connectivity index (χ3v) is 9.56. The molecule has 0 spiro atoms. The number of pyridine rings is 1. The molecule has 4 aromatic carbocycles. The Kier molecular flexibility index (Phi) is 6.34. The summed E-state index contributed by atoms with van der Waals surface area (Å²) in [4.78, 5) is 2.86. The van der Waals surface area contributed by atoms with E-state index in [0.717, 1.165) is 12.8 Å². The Labute approximate surface area is 238 Å². The summed E-state index contributed by atoms with van der Waals surface area (Å²) in [6, 6.07) is 19.0. The maximum absolute atomic E-state index is 2.50. The fourth-order valence-electron chi connectivity index (χ4n) is 6.79. The van der Waals surface area contributed by atoms with Crippen LogP contribution in [-0.4, -0.2) is 0 Å². The van der Waals surface area contributed by atoms with Gasteiger partial charge in [-0.2, -0.15) is 0 Å². The van der Waals surface area contributed by atoms with Gasteiger partial charge in [0.25, 0.3) is 0 Å². The smallest absolute Gasteiger partial charge is 0.200 e. The zero-order valence-corrected chi connectivity index (χ0v) is 25.9. The standard InChI is InChI=1S/C37H42NS/c1-21(2)17-30-27-14-13-24(20-37(6,7)8)18-29(27)23(5)32-35-34-28(15-16-38(35)9)33-25(19-31(34)39-36(30)32)11-10-12-26(33)22(3)4/h10-16,18-19,21-22H,17,20H2,1-9H3/q+1. The van der Waals surface area contributed by atoms with E-state index in [1.807, 2.05) is 11.8 Å². The molecule has 1 aliphatic heterocycles. The van der Waals surface area contributed by atoms with Crippen molar-refractivity contribution in [2.75, 3.05) is 0 Å². The summed E-state index contributed by atoms with van der Waals surface area (Å²) in [7, 11) is 2.23. The second-order valence-electron chi connectivity index (χ2n) is 13.7. The molecule has 0 unspecified atom stereocenters. The Morgan fingerprint density at radius 1 is 0.872 bits per heavy atom. The van der Waals surface area contributed by atoms with Crippen molar-refractivity contribution in [3.63, 3.8) is 0 Å². The Bertz CT molecular complexity index is 1780. The van der Waals surface area contributed by atoms with Gasteiger partial charge in [0, 0.05) is 21.2 Å². The third kappa shape index (κ3) is 4.36. The van der Waals surface area contributed by atoms with Crippen LogP contribution in [0.25, 0.3) is 43.6 Å². The average molecular weight is 533 g/mol. The highest BCUT2D eigenvalue weighted by Gasteiger charge is 2.33. The number of hydrogen-bond donors (Lipinski definition) is 0. The number of benzene rings is 4. The summed E-state index contributed by atoms with van der Waals surface area (Å²) < 4.78 is 2.38. The van der Waals surface area contributed by atoms with Crippen molar-refractivity contribution in [1.82, 2.24) is 0 Å². The van der Waals surface area contributed by atoms with Crippen molar-refractivity contribution in [2.45, 2.75) is 83.9 Å². The van der Waals surface area contributed by atoms with Crippen LogP contribution in [0.1, 0.15) is 76.6 Å². The topological polar surface area (TPSA) is 3.88 Å². The summed E-state index contributed by atoms with van der Waals surface area (Å²) in [5, 5.41) is 8.45. The zero-order chi connectivity index (χ0) is 27.8. The predicted octanol–water partition coefficient (Wildman–Crippen LogP) is 10.3. The second kappa shape index (κ2) is 9.37. The molecule has 0 fully saturated rings. The molecule has 5 aromatic rings. The molecule has 1 nitrogen and oxygen atoms in total. The van der Waals surface area contributed by atoms with Gasteiger partial charge in [0.1, 0.15) is 7.05 Å². The van der Waals surface area contributed by atoms with E-state index in [0.29, 0.717) is 11.8 Å². The van der Waals surface area contributed by atoms with Crippen LogP contribution in [-0.2, 0) is 19.9 Å². The molecule has 0 saturated heterocycles. The van der Waals surface area contributed by atoms with Crippen molar-refractivity contribution in [3.05, 3.63) is 77.0 Å². The number of hydrogen-bond acceptors (Lipinski definition) is 1. The fourth-order valence-corrected chi connectivity index (χ4v) is 8.17. The molecule has 2 heterocycles. The minimum absolute atomic E-state index is 0.262. The quantitative estimate of drug-likeness (QED) is 0.161. The van der Waals surface area contributed by atoms with Gasteiger partial charge >= 0.3 is 0 Å². The van der Waals surface area contributed by atoms with Gasteiger partial charge < -0.3 is 0 Å². The molecule has 0 aliphatic carbocycles. The molecule has 6 rings (SSSR count). The molecule has 0 atom stereocenters. The van der Waals surface area contributed by atoms with Crippen molar-refractivity contribution >= 4 is 44.1 Å². The number of nitrogens with zero attached hydrogens (tertiary/aromatic N) is 1. The van der Waals surface area contributed by atoms with Crippen LogP contribution < -0.4 is 4.57 Å². The first-order valence-electron chi connectivity index (χ1n) is 14.6. The molecule has 0 saturated carbocycles. The van der Waals surface area contributed by atoms with Gasteiger partial charge in [-0.3, -0.25) is 0 Å². The van der Waals surface area contributed by atoms with E-state index >= 15 is 0 Å². The molecule has 0 radical (unpaired) electrons. The van der Waals surface area contributed by atoms with Crippen molar-refractivity contribution in [3.8, 4) is 11.3 Å². The van der Waals surface area contributed by atoms with Gasteiger partial charge in [-0.05, 0) is 86.9 Å². The van der Waals surface area contributed by atoms with E-state index in [9.17, 15) is 0 Å². The largest absolute Gasteiger partial charge is 0.222 e. The Hall–Kier alpha value is -2.84. The first-order valence-corrected chi connectivity index (χ1v) is 15.4. The van der Waals surface area contributed by atoms with E-state index in [4.69, 9.17) is 0 Å². The van der Waals surface area contributed by atoms with Gasteiger partial charge in [-0.15, -0.1) is 0 Å². The molecular formula is C37H42NS+. The highest BCUT2D eigenvalue weighted by molar-refractivity contribution is 8.00. The lowest BCUT2D eigenvalue weighted by molar-refractivity contribution is -0.659. The van der Waals surface area contributed by atoms with Crippen LogP contribution in [0.2, 0.25) is 0 Å². The molecule has 1 aliphatic rings. The second-order valence-corrected chi connectivity index (χ2v) is 14.7. The molecule has 0 amide bonds. The highest BCUT2D eigenvalue weighted by atomic mass is 32.2. The van der Waals surface area contributed by atoms with E-state index in [1.165, 1.54) is 75.6 Å². The summed E-state index contributed by atoms with van der Waals surface area (Å²) in [6.07, 6.45) is 4.47. The lowest BCUT2D eigenvalue weighted by Gasteiger charge is -2.27. The van der Waals surface area contributed by atoms with Gasteiger partial charge in [-0.25, -0.2) is 4.57 Å². The minimum Gasteiger partial charge on any atom is -0.200 e. The number of aryl methyl sites for hydroxylation is 2. The van der Waals surface area contributed by atoms with Crippen molar-refractivity contribution < 1.29 is 4.57 Å². The van der Waals surface area contributed by atoms with Crippen LogP contribution in [0.15, 0.2) is 64.5 Å². The summed E-state index contributed by atoms with van der Waals surface area (Å²) in [5.74, 6) is 1.07. The third-order valence-electron chi connectivity index (χ3n) is 8.36. The Balaban J connectivity index is 1.76. The lowest BCUT2D eigenvalue weighted by atomic mass is 9.84. The SMILES string of the molecule is Cc1c2c(c(CC(C)C)c3ccc(CC(C)(C)C)cc13)Sc1cc3cccc(C(C)C)c3c3cc[n+](C)c-2c13. The van der Waals surface area contributed by atoms with E-state index in [1.54, 1.807) is 0 Å². The van der Waals surface area contributed by atoms with Crippen LogP contribution in [0.5, 0.6) is 0 Å². The Morgan fingerprint density at radius 3 is 2.33 bits per heavy atom.